The minimum absolute atomic E-state index is 0.267. The Kier molecular flexibility index (Phi) is 5.71. The summed E-state index contributed by atoms with van der Waals surface area (Å²) in [5.41, 5.74) is 2.36. The van der Waals surface area contributed by atoms with Crippen molar-refractivity contribution in [1.29, 1.82) is 0 Å². The second-order valence-corrected chi connectivity index (χ2v) is 7.19. The number of aromatic nitrogens is 3. The number of carbonyl (C=O) groups is 2. The van der Waals surface area contributed by atoms with Gasteiger partial charge in [-0.3, -0.25) is 9.59 Å². The van der Waals surface area contributed by atoms with Crippen LogP contribution in [0, 0.1) is 6.92 Å². The highest BCUT2D eigenvalue weighted by atomic mass is 16.5. The van der Waals surface area contributed by atoms with E-state index in [1.54, 1.807) is 49.6 Å². The van der Waals surface area contributed by atoms with Crippen LogP contribution < -0.4 is 21.1 Å². The predicted octanol–water partition coefficient (Wildman–Crippen LogP) is 2.70. The van der Waals surface area contributed by atoms with E-state index < -0.39 is 11.6 Å². The number of carbonyl (C=O) groups excluding carboxylic acids is 2. The lowest BCUT2D eigenvalue weighted by molar-refractivity contribution is -0.117. The molecule has 2 N–H and O–H groups in total. The van der Waals surface area contributed by atoms with Crippen LogP contribution in [0.25, 0.3) is 5.65 Å². The quantitative estimate of drug-likeness (QED) is 0.488. The van der Waals surface area contributed by atoms with Gasteiger partial charge in [0.15, 0.2) is 5.65 Å². The van der Waals surface area contributed by atoms with E-state index in [0.717, 1.165) is 10.2 Å². The highest BCUT2D eigenvalue weighted by Crippen LogP contribution is 2.15. The number of hydrogen-bond donors (Lipinski definition) is 2. The van der Waals surface area contributed by atoms with Gasteiger partial charge in [0, 0.05) is 17.6 Å². The maximum absolute atomic E-state index is 12.7. The number of nitrogens with zero attached hydrogens (tertiary/aromatic N) is 3. The summed E-state index contributed by atoms with van der Waals surface area (Å²) < 4.78 is 7.38. The van der Waals surface area contributed by atoms with Gasteiger partial charge in [0.1, 0.15) is 12.3 Å². The van der Waals surface area contributed by atoms with Crippen molar-refractivity contribution in [2.75, 3.05) is 17.7 Å². The lowest BCUT2D eigenvalue weighted by Crippen LogP contribution is -2.28. The van der Waals surface area contributed by atoms with E-state index in [9.17, 15) is 14.4 Å². The Morgan fingerprint density at radius 2 is 1.78 bits per heavy atom. The third-order valence-corrected chi connectivity index (χ3v) is 4.78. The Hall–Kier alpha value is -4.40. The third kappa shape index (κ3) is 4.51. The van der Waals surface area contributed by atoms with E-state index in [1.807, 2.05) is 25.1 Å². The minimum Gasteiger partial charge on any atom is -0.497 e. The Labute approximate surface area is 183 Å². The van der Waals surface area contributed by atoms with E-state index in [-0.39, 0.29) is 12.5 Å². The molecular formula is C23H21N5O4. The zero-order chi connectivity index (χ0) is 22.7. The topological polar surface area (TPSA) is 107 Å². The SMILES string of the molecule is COc1ccc(NC(=O)Cn2nc3ccc(C(=O)Nc4cccc(C)c4)cn3c2=O)cc1. The van der Waals surface area contributed by atoms with Gasteiger partial charge in [-0.1, -0.05) is 12.1 Å². The molecule has 9 nitrogen and oxygen atoms in total. The molecule has 0 atom stereocenters. The molecule has 2 heterocycles. The minimum atomic E-state index is -0.518. The first-order valence-electron chi connectivity index (χ1n) is 9.84. The number of hydrogen-bond acceptors (Lipinski definition) is 5. The summed E-state index contributed by atoms with van der Waals surface area (Å²) in [4.78, 5) is 37.7. The molecule has 0 unspecified atom stereocenters. The first kappa shape index (κ1) is 20.9. The van der Waals surface area contributed by atoms with Crippen LogP contribution in [0.5, 0.6) is 5.75 Å². The lowest BCUT2D eigenvalue weighted by atomic mass is 10.2. The zero-order valence-electron chi connectivity index (χ0n) is 17.5. The summed E-state index contributed by atoms with van der Waals surface area (Å²) in [6.45, 7) is 1.66. The Bertz CT molecular complexity index is 1360. The molecule has 2 aromatic carbocycles. The van der Waals surface area contributed by atoms with Crippen LogP contribution in [0.4, 0.5) is 11.4 Å². The van der Waals surface area contributed by atoms with E-state index in [4.69, 9.17) is 4.74 Å². The number of fused-ring (bicyclic) bond motifs is 1. The molecule has 0 fully saturated rings. The number of ether oxygens (including phenoxy) is 1. The average Bonchev–Trinajstić information content (AvgIpc) is 3.08. The van der Waals surface area contributed by atoms with Crippen LogP contribution in [0.15, 0.2) is 71.7 Å². The number of nitrogens with one attached hydrogen (secondary N) is 2. The van der Waals surface area contributed by atoms with E-state index in [0.29, 0.717) is 28.3 Å². The molecule has 162 valence electrons. The van der Waals surface area contributed by atoms with Gasteiger partial charge in [-0.05, 0) is 61.0 Å². The van der Waals surface area contributed by atoms with Crippen LogP contribution in [0.1, 0.15) is 15.9 Å². The molecule has 9 heteroatoms. The highest BCUT2D eigenvalue weighted by Gasteiger charge is 2.14. The molecule has 2 aromatic heterocycles. The third-order valence-electron chi connectivity index (χ3n) is 4.78. The molecule has 0 aliphatic heterocycles. The summed E-state index contributed by atoms with van der Waals surface area (Å²) in [5.74, 6) is -0.0886. The summed E-state index contributed by atoms with van der Waals surface area (Å²) >= 11 is 0. The number of rotatable bonds is 6. The molecule has 2 amide bonds. The summed E-state index contributed by atoms with van der Waals surface area (Å²) in [5, 5.41) is 9.68. The van der Waals surface area contributed by atoms with E-state index >= 15 is 0 Å². The Morgan fingerprint density at radius 3 is 2.50 bits per heavy atom. The maximum atomic E-state index is 12.7. The van der Waals surface area contributed by atoms with Crippen molar-refractivity contribution in [2.24, 2.45) is 0 Å². The van der Waals surface area contributed by atoms with Crippen LogP contribution in [-0.2, 0) is 11.3 Å². The zero-order valence-corrected chi connectivity index (χ0v) is 17.5. The van der Waals surface area contributed by atoms with Crippen LogP contribution >= 0.6 is 0 Å². The van der Waals surface area contributed by atoms with Gasteiger partial charge in [0.25, 0.3) is 5.91 Å². The number of methoxy groups -OCH3 is 1. The number of aryl methyl sites for hydroxylation is 1. The first-order valence-corrected chi connectivity index (χ1v) is 9.84. The molecule has 0 saturated heterocycles. The molecule has 0 aliphatic carbocycles. The van der Waals surface area contributed by atoms with Gasteiger partial charge in [0.05, 0.1) is 12.7 Å². The fourth-order valence-electron chi connectivity index (χ4n) is 3.19. The second-order valence-electron chi connectivity index (χ2n) is 7.19. The van der Waals surface area contributed by atoms with Gasteiger partial charge in [-0.15, -0.1) is 5.10 Å². The Balaban J connectivity index is 1.50. The molecule has 0 aliphatic rings. The van der Waals surface area contributed by atoms with E-state index in [2.05, 4.69) is 15.7 Å². The fraction of sp³-hybridized carbons (Fsp3) is 0.130. The molecule has 0 saturated carbocycles. The monoisotopic (exact) mass is 431 g/mol. The fourth-order valence-corrected chi connectivity index (χ4v) is 3.19. The molecule has 4 rings (SSSR count). The summed E-state index contributed by atoms with van der Waals surface area (Å²) in [6, 6.07) is 17.4. The van der Waals surface area contributed by atoms with Crippen molar-refractivity contribution in [3.8, 4) is 5.75 Å². The van der Waals surface area contributed by atoms with Crippen molar-refractivity contribution in [3.05, 3.63) is 88.5 Å². The molecule has 0 spiro atoms. The van der Waals surface area contributed by atoms with E-state index in [1.165, 1.54) is 10.6 Å². The number of benzene rings is 2. The second kappa shape index (κ2) is 8.76. The Morgan fingerprint density at radius 1 is 1.00 bits per heavy atom. The van der Waals surface area contributed by atoms with Crippen molar-refractivity contribution >= 4 is 28.8 Å². The number of pyridine rings is 1. The lowest BCUT2D eigenvalue weighted by Gasteiger charge is -2.06. The molecule has 32 heavy (non-hydrogen) atoms. The normalized spacial score (nSPS) is 10.7. The standard InChI is InChI=1S/C23H21N5O4/c1-15-4-3-5-18(12-15)25-22(30)16-6-11-20-26-28(23(31)27(20)13-16)14-21(29)24-17-7-9-19(32-2)10-8-17/h3-13H,14H2,1-2H3,(H,24,29)(H,25,30). The smallest absolute Gasteiger partial charge is 0.350 e. The first-order chi connectivity index (χ1) is 15.4. The van der Waals surface area contributed by atoms with Gasteiger partial charge >= 0.3 is 5.69 Å². The highest BCUT2D eigenvalue weighted by molar-refractivity contribution is 6.04. The van der Waals surface area contributed by atoms with Crippen molar-refractivity contribution < 1.29 is 14.3 Å². The summed E-state index contributed by atoms with van der Waals surface area (Å²) in [6.07, 6.45) is 1.41. The van der Waals surface area contributed by atoms with Crippen LogP contribution in [0.2, 0.25) is 0 Å². The van der Waals surface area contributed by atoms with Crippen molar-refractivity contribution in [3.63, 3.8) is 0 Å². The number of anilines is 2. The van der Waals surface area contributed by atoms with Crippen LogP contribution in [0.3, 0.4) is 0 Å². The molecule has 4 aromatic rings. The van der Waals surface area contributed by atoms with Crippen molar-refractivity contribution in [2.45, 2.75) is 13.5 Å². The molecular weight excluding hydrogens is 410 g/mol. The van der Waals surface area contributed by atoms with Gasteiger partial charge in [-0.2, -0.15) is 0 Å². The van der Waals surface area contributed by atoms with Crippen LogP contribution in [-0.4, -0.2) is 33.1 Å². The largest absolute Gasteiger partial charge is 0.497 e. The van der Waals surface area contributed by atoms with Gasteiger partial charge in [-0.25, -0.2) is 13.9 Å². The summed E-state index contributed by atoms with van der Waals surface area (Å²) in [7, 11) is 1.56. The molecule has 0 bridgehead atoms. The predicted molar refractivity (Wildman–Crippen MR) is 120 cm³/mol. The van der Waals surface area contributed by atoms with Gasteiger partial charge < -0.3 is 15.4 Å². The average molecular weight is 431 g/mol. The van der Waals surface area contributed by atoms with Crippen molar-refractivity contribution in [1.82, 2.24) is 14.2 Å². The maximum Gasteiger partial charge on any atom is 0.350 e. The molecule has 0 radical (unpaired) electrons. The van der Waals surface area contributed by atoms with Gasteiger partial charge in [0.2, 0.25) is 5.91 Å². The number of amides is 2.